The van der Waals surface area contributed by atoms with Gasteiger partial charge in [-0.2, -0.15) is 0 Å². The lowest BCUT2D eigenvalue weighted by molar-refractivity contribution is -0.119. The van der Waals surface area contributed by atoms with Crippen molar-refractivity contribution in [1.82, 2.24) is 4.57 Å². The smallest absolute Gasteiger partial charge is 0.418 e. The third-order valence-electron chi connectivity index (χ3n) is 3.93. The minimum atomic E-state index is -1.04. The molecular weight excluding hydrogens is 318 g/mol. The van der Waals surface area contributed by atoms with Gasteiger partial charge in [0, 0.05) is 18.0 Å². The van der Waals surface area contributed by atoms with E-state index in [1.807, 2.05) is 48.5 Å². The van der Waals surface area contributed by atoms with Gasteiger partial charge in [-0.3, -0.25) is 9.36 Å². The molecule has 128 valence electrons. The number of aromatic nitrogens is 1. The van der Waals surface area contributed by atoms with E-state index in [0.29, 0.717) is 11.1 Å². The molecule has 0 saturated heterocycles. The number of ketones is 1. The number of rotatable bonds is 5. The lowest BCUT2D eigenvalue weighted by Crippen LogP contribution is -2.40. The average Bonchev–Trinajstić information content (AvgIpc) is 2.99. The molecule has 6 heteroatoms. The summed E-state index contributed by atoms with van der Waals surface area (Å²) >= 11 is 0. The van der Waals surface area contributed by atoms with Crippen molar-refractivity contribution in [2.24, 2.45) is 11.5 Å². The zero-order valence-electron chi connectivity index (χ0n) is 13.6. The monoisotopic (exact) mass is 337 g/mol. The third-order valence-corrected chi connectivity index (χ3v) is 3.93. The van der Waals surface area contributed by atoms with Crippen molar-refractivity contribution < 1.29 is 14.3 Å². The number of fused-ring (bicyclic) bond motifs is 1. The molecule has 25 heavy (non-hydrogen) atoms. The molecule has 3 rings (SSSR count). The Kier molecular flexibility index (Phi) is 4.92. The number of para-hydroxylation sites is 1. The van der Waals surface area contributed by atoms with E-state index < -0.39 is 12.3 Å². The molecule has 0 spiro atoms. The van der Waals surface area contributed by atoms with Crippen LogP contribution in [0, 0.1) is 0 Å². The Balaban J connectivity index is 1.85. The van der Waals surface area contributed by atoms with E-state index in [1.165, 1.54) is 4.57 Å². The summed E-state index contributed by atoms with van der Waals surface area (Å²) in [5, 5.41) is 0.799. The minimum absolute atomic E-state index is 0.0666. The highest BCUT2D eigenvalue weighted by Gasteiger charge is 2.18. The summed E-state index contributed by atoms with van der Waals surface area (Å²) < 4.78 is 6.78. The van der Waals surface area contributed by atoms with Gasteiger partial charge in [0.15, 0.2) is 5.78 Å². The van der Waals surface area contributed by atoms with Gasteiger partial charge in [0.2, 0.25) is 0 Å². The molecule has 0 bridgehead atoms. The van der Waals surface area contributed by atoms with E-state index in [9.17, 15) is 9.59 Å². The number of nitrogens with two attached hydrogens (primary N) is 2. The van der Waals surface area contributed by atoms with Gasteiger partial charge in [0.25, 0.3) is 0 Å². The maximum absolute atomic E-state index is 12.5. The van der Waals surface area contributed by atoms with Crippen LogP contribution in [0.25, 0.3) is 10.9 Å². The molecule has 0 aliphatic heterocycles. The zero-order valence-corrected chi connectivity index (χ0v) is 13.6. The maximum atomic E-state index is 12.5. The van der Waals surface area contributed by atoms with Crippen LogP contribution < -0.4 is 11.5 Å². The van der Waals surface area contributed by atoms with E-state index in [0.717, 1.165) is 10.9 Å². The Morgan fingerprint density at radius 2 is 1.68 bits per heavy atom. The molecule has 6 nitrogen and oxygen atoms in total. The van der Waals surface area contributed by atoms with Gasteiger partial charge in [0.05, 0.1) is 5.52 Å². The molecule has 4 N–H and O–H groups in total. The van der Waals surface area contributed by atoms with E-state index in [4.69, 9.17) is 16.2 Å². The Morgan fingerprint density at radius 1 is 1.00 bits per heavy atom. The zero-order chi connectivity index (χ0) is 17.8. The van der Waals surface area contributed by atoms with E-state index >= 15 is 0 Å². The molecule has 2 aromatic carbocycles. The standard InChI is InChI=1S/C19H19N3O3/c20-18(21)17(23)10-14-11-22(16-9-5-4-8-15(14)16)19(24)25-12-13-6-2-1-3-7-13/h1-9,11,18H,10,12,20-21H2. The van der Waals surface area contributed by atoms with Crippen LogP contribution in [0.4, 0.5) is 4.79 Å². The number of carbonyl (C=O) groups is 2. The van der Waals surface area contributed by atoms with Crippen LogP contribution >= 0.6 is 0 Å². The lowest BCUT2D eigenvalue weighted by Gasteiger charge is -2.06. The fourth-order valence-corrected chi connectivity index (χ4v) is 2.64. The summed E-state index contributed by atoms with van der Waals surface area (Å²) in [5.41, 5.74) is 13.1. The number of benzene rings is 2. The highest BCUT2D eigenvalue weighted by atomic mass is 16.5. The fraction of sp³-hybridized carbons (Fsp3) is 0.158. The highest BCUT2D eigenvalue weighted by Crippen LogP contribution is 2.22. The molecule has 1 aromatic heterocycles. The minimum Gasteiger partial charge on any atom is -0.444 e. The normalized spacial score (nSPS) is 11.0. The van der Waals surface area contributed by atoms with Crippen LogP contribution in [0.5, 0.6) is 0 Å². The van der Waals surface area contributed by atoms with Crippen LogP contribution in [-0.2, 0) is 22.6 Å². The SMILES string of the molecule is NC(N)C(=O)Cc1cn(C(=O)OCc2ccccc2)c2ccccc12. The Hall–Kier alpha value is -2.96. The van der Waals surface area contributed by atoms with Crippen LogP contribution in [0.2, 0.25) is 0 Å². The summed E-state index contributed by atoms with van der Waals surface area (Å²) in [6.07, 6.45) is 0.137. The summed E-state index contributed by atoms with van der Waals surface area (Å²) in [6.45, 7) is 0.175. The number of Topliss-reactive ketones (excluding diaryl/α,β-unsaturated/α-hetero) is 1. The first-order valence-corrected chi connectivity index (χ1v) is 7.90. The maximum Gasteiger partial charge on any atom is 0.418 e. The number of hydrogen-bond donors (Lipinski definition) is 2. The molecule has 0 saturated carbocycles. The van der Waals surface area contributed by atoms with E-state index in [-0.39, 0.29) is 18.8 Å². The number of ether oxygens (including phenoxy) is 1. The second-order valence-electron chi connectivity index (χ2n) is 5.75. The molecule has 0 atom stereocenters. The van der Waals surface area contributed by atoms with Crippen LogP contribution in [-0.4, -0.2) is 22.6 Å². The second-order valence-corrected chi connectivity index (χ2v) is 5.75. The Bertz CT molecular complexity index is 901. The molecule has 0 amide bonds. The van der Waals surface area contributed by atoms with Gasteiger partial charge in [-0.05, 0) is 17.2 Å². The Morgan fingerprint density at radius 3 is 2.40 bits per heavy atom. The van der Waals surface area contributed by atoms with E-state index in [2.05, 4.69) is 0 Å². The number of hydrogen-bond acceptors (Lipinski definition) is 5. The lowest BCUT2D eigenvalue weighted by atomic mass is 10.1. The van der Waals surface area contributed by atoms with Crippen molar-refractivity contribution in [1.29, 1.82) is 0 Å². The quantitative estimate of drug-likeness (QED) is 0.695. The first kappa shape index (κ1) is 16.9. The molecular formula is C19H19N3O3. The summed E-state index contributed by atoms with van der Waals surface area (Å²) in [5.74, 6) is -0.291. The molecule has 0 radical (unpaired) electrons. The first-order valence-electron chi connectivity index (χ1n) is 7.90. The largest absolute Gasteiger partial charge is 0.444 e. The van der Waals surface area contributed by atoms with Crippen molar-refractivity contribution in [3.05, 3.63) is 71.9 Å². The van der Waals surface area contributed by atoms with Gasteiger partial charge in [-0.25, -0.2) is 4.79 Å². The van der Waals surface area contributed by atoms with Crippen molar-refractivity contribution in [2.45, 2.75) is 19.2 Å². The van der Waals surface area contributed by atoms with Crippen molar-refractivity contribution in [3.8, 4) is 0 Å². The van der Waals surface area contributed by atoms with Gasteiger partial charge in [-0.1, -0.05) is 48.5 Å². The third kappa shape index (κ3) is 3.76. The molecule has 0 fully saturated rings. The summed E-state index contributed by atoms with van der Waals surface area (Å²) in [4.78, 5) is 24.3. The van der Waals surface area contributed by atoms with Crippen LogP contribution in [0.3, 0.4) is 0 Å². The highest BCUT2D eigenvalue weighted by molar-refractivity contribution is 5.95. The first-order chi connectivity index (χ1) is 12.1. The van der Waals surface area contributed by atoms with E-state index in [1.54, 1.807) is 12.3 Å². The number of carbonyl (C=O) groups excluding carboxylic acids is 2. The van der Waals surface area contributed by atoms with Crippen molar-refractivity contribution in [3.63, 3.8) is 0 Å². The second kappa shape index (κ2) is 7.29. The molecule has 0 aliphatic carbocycles. The Labute approximate surface area is 145 Å². The van der Waals surface area contributed by atoms with Gasteiger partial charge in [0.1, 0.15) is 12.8 Å². The fourth-order valence-electron chi connectivity index (χ4n) is 2.64. The molecule has 3 aromatic rings. The number of nitrogens with zero attached hydrogens (tertiary/aromatic N) is 1. The average molecular weight is 337 g/mol. The molecule has 0 aliphatic rings. The van der Waals surface area contributed by atoms with Gasteiger partial charge < -0.3 is 16.2 Å². The topological polar surface area (TPSA) is 100 Å². The van der Waals surface area contributed by atoms with Crippen LogP contribution in [0.15, 0.2) is 60.8 Å². The summed E-state index contributed by atoms with van der Waals surface area (Å²) in [6, 6.07) is 16.7. The van der Waals surface area contributed by atoms with Gasteiger partial charge in [-0.15, -0.1) is 0 Å². The summed E-state index contributed by atoms with van der Waals surface area (Å²) in [7, 11) is 0. The van der Waals surface area contributed by atoms with Crippen molar-refractivity contribution >= 4 is 22.8 Å². The van der Waals surface area contributed by atoms with Gasteiger partial charge >= 0.3 is 6.09 Å². The van der Waals surface area contributed by atoms with Crippen molar-refractivity contribution in [2.75, 3.05) is 0 Å². The molecule has 0 unspecified atom stereocenters. The predicted octanol–water partition coefficient (Wildman–Crippen LogP) is 2.18. The predicted molar refractivity (Wildman–Crippen MR) is 94.8 cm³/mol. The molecule has 1 heterocycles. The van der Waals surface area contributed by atoms with Crippen LogP contribution in [0.1, 0.15) is 11.1 Å².